The van der Waals surface area contributed by atoms with Crippen LogP contribution in [0.5, 0.6) is 0 Å². The number of carbonyl (C=O) groups excluding carboxylic acids is 1. The van der Waals surface area contributed by atoms with Gasteiger partial charge in [0.1, 0.15) is 0 Å². The Labute approximate surface area is 127 Å². The lowest BCUT2D eigenvalue weighted by molar-refractivity contribution is -0.137. The fourth-order valence-corrected chi connectivity index (χ4v) is 2.99. The van der Waals surface area contributed by atoms with E-state index < -0.39 is 0 Å². The molecular weight excluding hydrogens is 262 g/mol. The monoisotopic (exact) mass is 289 g/mol. The minimum atomic E-state index is 0.258. The van der Waals surface area contributed by atoms with E-state index in [0.717, 1.165) is 44.5 Å². The molecule has 1 aromatic rings. The van der Waals surface area contributed by atoms with Crippen LogP contribution in [-0.2, 0) is 11.2 Å². The summed E-state index contributed by atoms with van der Waals surface area (Å²) >= 11 is 0. The van der Waals surface area contributed by atoms with Crippen molar-refractivity contribution in [2.24, 2.45) is 5.41 Å². The standard InChI is InChI=1S/C17H27N3O/c1-14(2)5-4-8-17(3)9-6-16(21)20(12-17)10-7-15-11-18-13-19-15/h5,11,13H,4,6-10,12H2,1-3H3,(H,18,19)/t17-/m1/s1. The van der Waals surface area contributed by atoms with Crippen LogP contribution in [0.15, 0.2) is 24.2 Å². The number of piperidine rings is 1. The molecule has 21 heavy (non-hydrogen) atoms. The average Bonchev–Trinajstić information content (AvgIpc) is 2.93. The molecule has 1 aliphatic heterocycles. The average molecular weight is 289 g/mol. The first-order valence-corrected chi connectivity index (χ1v) is 7.87. The quantitative estimate of drug-likeness (QED) is 0.817. The molecule has 1 N–H and O–H groups in total. The van der Waals surface area contributed by atoms with Crippen LogP contribution in [0.2, 0.25) is 0 Å². The topological polar surface area (TPSA) is 49.0 Å². The number of aromatic nitrogens is 2. The predicted molar refractivity (Wildman–Crippen MR) is 84.9 cm³/mol. The molecule has 116 valence electrons. The molecule has 1 saturated heterocycles. The highest BCUT2D eigenvalue weighted by molar-refractivity contribution is 5.77. The van der Waals surface area contributed by atoms with Gasteiger partial charge in [-0.1, -0.05) is 18.6 Å². The largest absolute Gasteiger partial charge is 0.348 e. The predicted octanol–water partition coefficient (Wildman–Crippen LogP) is 3.33. The Morgan fingerprint density at radius 3 is 3.00 bits per heavy atom. The molecule has 0 aromatic carbocycles. The number of aromatic amines is 1. The molecule has 0 aliphatic carbocycles. The van der Waals surface area contributed by atoms with Gasteiger partial charge in [0, 0.05) is 37.8 Å². The maximum Gasteiger partial charge on any atom is 0.222 e. The second kappa shape index (κ2) is 6.92. The zero-order valence-corrected chi connectivity index (χ0v) is 13.5. The van der Waals surface area contributed by atoms with E-state index in [1.165, 1.54) is 5.57 Å². The van der Waals surface area contributed by atoms with Crippen LogP contribution in [0.3, 0.4) is 0 Å². The number of H-pyrrole nitrogens is 1. The molecule has 4 nitrogen and oxygen atoms in total. The Morgan fingerprint density at radius 1 is 1.52 bits per heavy atom. The molecule has 0 saturated carbocycles. The van der Waals surface area contributed by atoms with Gasteiger partial charge in [-0.3, -0.25) is 4.79 Å². The molecule has 0 unspecified atom stereocenters. The van der Waals surface area contributed by atoms with Crippen LogP contribution in [0.1, 0.15) is 52.1 Å². The molecule has 1 aromatic heterocycles. The van der Waals surface area contributed by atoms with Gasteiger partial charge in [-0.25, -0.2) is 4.98 Å². The molecule has 1 atom stereocenters. The molecule has 0 spiro atoms. The van der Waals surface area contributed by atoms with E-state index in [2.05, 4.69) is 36.8 Å². The van der Waals surface area contributed by atoms with Crippen molar-refractivity contribution in [1.82, 2.24) is 14.9 Å². The summed E-state index contributed by atoms with van der Waals surface area (Å²) in [6, 6.07) is 0. The summed E-state index contributed by atoms with van der Waals surface area (Å²) in [5.41, 5.74) is 2.73. The lowest BCUT2D eigenvalue weighted by Gasteiger charge is -2.40. The Bertz CT molecular complexity index is 488. The van der Waals surface area contributed by atoms with Crippen LogP contribution in [0.25, 0.3) is 0 Å². The number of hydrogen-bond donors (Lipinski definition) is 1. The number of carbonyl (C=O) groups is 1. The van der Waals surface area contributed by atoms with Crippen molar-refractivity contribution in [3.8, 4) is 0 Å². The molecule has 2 heterocycles. The van der Waals surface area contributed by atoms with E-state index >= 15 is 0 Å². The van der Waals surface area contributed by atoms with E-state index in [0.29, 0.717) is 12.3 Å². The summed E-state index contributed by atoms with van der Waals surface area (Å²) in [6.07, 6.45) is 10.7. The lowest BCUT2D eigenvalue weighted by Crippen LogP contribution is -2.46. The Kier molecular flexibility index (Phi) is 5.21. The first kappa shape index (κ1) is 15.8. The maximum atomic E-state index is 12.1. The first-order valence-electron chi connectivity index (χ1n) is 7.87. The van der Waals surface area contributed by atoms with Crippen molar-refractivity contribution in [3.05, 3.63) is 29.9 Å². The van der Waals surface area contributed by atoms with Gasteiger partial charge in [0.05, 0.1) is 6.33 Å². The molecule has 0 bridgehead atoms. The molecule has 4 heteroatoms. The molecule has 0 radical (unpaired) electrons. The molecule has 1 fully saturated rings. The second-order valence-electron chi connectivity index (χ2n) is 6.77. The Balaban J connectivity index is 1.88. The summed E-state index contributed by atoms with van der Waals surface area (Å²) in [4.78, 5) is 21.3. The third-order valence-electron chi connectivity index (χ3n) is 4.37. The summed E-state index contributed by atoms with van der Waals surface area (Å²) in [5.74, 6) is 0.300. The maximum absolute atomic E-state index is 12.1. The van der Waals surface area contributed by atoms with Crippen molar-refractivity contribution in [1.29, 1.82) is 0 Å². The normalized spacial score (nSPS) is 22.4. The van der Waals surface area contributed by atoms with Crippen LogP contribution in [0, 0.1) is 5.41 Å². The van der Waals surface area contributed by atoms with Crippen molar-refractivity contribution in [2.75, 3.05) is 13.1 Å². The number of hydrogen-bond acceptors (Lipinski definition) is 2. The molecule has 1 amide bonds. The number of amides is 1. The van der Waals surface area contributed by atoms with E-state index in [4.69, 9.17) is 0 Å². The fraction of sp³-hybridized carbons (Fsp3) is 0.647. The first-order chi connectivity index (χ1) is 9.98. The Hall–Kier alpha value is -1.58. The van der Waals surface area contributed by atoms with Gasteiger partial charge in [-0.05, 0) is 38.5 Å². The summed E-state index contributed by atoms with van der Waals surface area (Å²) in [6.45, 7) is 8.28. The summed E-state index contributed by atoms with van der Waals surface area (Å²) in [7, 11) is 0. The van der Waals surface area contributed by atoms with Crippen molar-refractivity contribution >= 4 is 5.91 Å². The third kappa shape index (κ3) is 4.73. The SMILES string of the molecule is CC(C)=CCC[C@]1(C)CCC(=O)N(CCc2cnc[nH]2)C1. The van der Waals surface area contributed by atoms with E-state index in [-0.39, 0.29) is 5.41 Å². The molecular formula is C17H27N3O. The van der Waals surface area contributed by atoms with Gasteiger partial charge in [-0.15, -0.1) is 0 Å². The van der Waals surface area contributed by atoms with Crippen molar-refractivity contribution in [3.63, 3.8) is 0 Å². The van der Waals surface area contributed by atoms with Gasteiger partial charge < -0.3 is 9.88 Å². The smallest absolute Gasteiger partial charge is 0.222 e. The van der Waals surface area contributed by atoms with Crippen molar-refractivity contribution < 1.29 is 4.79 Å². The Morgan fingerprint density at radius 2 is 2.33 bits per heavy atom. The van der Waals surface area contributed by atoms with E-state index in [1.54, 1.807) is 6.33 Å². The number of likely N-dealkylation sites (tertiary alicyclic amines) is 1. The lowest BCUT2D eigenvalue weighted by atomic mass is 9.77. The van der Waals surface area contributed by atoms with Gasteiger partial charge in [0.2, 0.25) is 5.91 Å². The van der Waals surface area contributed by atoms with Crippen molar-refractivity contribution in [2.45, 2.75) is 52.9 Å². The number of nitrogens with one attached hydrogen (secondary N) is 1. The number of imidazole rings is 1. The molecule has 2 rings (SSSR count). The van der Waals surface area contributed by atoms with Gasteiger partial charge in [0.15, 0.2) is 0 Å². The minimum Gasteiger partial charge on any atom is -0.348 e. The highest BCUT2D eigenvalue weighted by atomic mass is 16.2. The van der Waals surface area contributed by atoms with Gasteiger partial charge in [0.25, 0.3) is 0 Å². The fourth-order valence-electron chi connectivity index (χ4n) is 2.99. The summed E-state index contributed by atoms with van der Waals surface area (Å²) < 4.78 is 0. The van der Waals surface area contributed by atoms with Crippen LogP contribution >= 0.6 is 0 Å². The summed E-state index contributed by atoms with van der Waals surface area (Å²) in [5, 5.41) is 0. The van der Waals surface area contributed by atoms with Crippen LogP contribution in [0.4, 0.5) is 0 Å². The second-order valence-corrected chi connectivity index (χ2v) is 6.77. The van der Waals surface area contributed by atoms with E-state index in [1.807, 2.05) is 11.1 Å². The number of rotatable bonds is 6. The van der Waals surface area contributed by atoms with Gasteiger partial charge >= 0.3 is 0 Å². The zero-order valence-electron chi connectivity index (χ0n) is 13.5. The number of allylic oxidation sites excluding steroid dienone is 2. The highest BCUT2D eigenvalue weighted by Crippen LogP contribution is 2.34. The molecule has 1 aliphatic rings. The van der Waals surface area contributed by atoms with Gasteiger partial charge in [-0.2, -0.15) is 0 Å². The number of nitrogens with zero attached hydrogens (tertiary/aromatic N) is 2. The highest BCUT2D eigenvalue weighted by Gasteiger charge is 2.33. The zero-order chi connectivity index (χ0) is 15.3. The minimum absolute atomic E-state index is 0.258. The van der Waals surface area contributed by atoms with Crippen LogP contribution < -0.4 is 0 Å². The van der Waals surface area contributed by atoms with Crippen LogP contribution in [-0.4, -0.2) is 33.9 Å². The van der Waals surface area contributed by atoms with E-state index in [9.17, 15) is 4.79 Å². The third-order valence-corrected chi connectivity index (χ3v) is 4.37.